The minimum absolute atomic E-state index is 0.0328. The molecular formula is C25H35N5O6S. The molecule has 3 fully saturated rings. The fraction of sp³-hybridized carbons (Fsp3) is 0.600. The third-order valence-corrected chi connectivity index (χ3v) is 9.49. The second-order valence-electron chi connectivity index (χ2n) is 10.2. The van der Waals surface area contributed by atoms with Crippen LogP contribution in [-0.2, 0) is 35.0 Å². The quantitative estimate of drug-likeness (QED) is 0.380. The average Bonchev–Trinajstić information content (AvgIpc) is 3.32. The Balaban J connectivity index is 1.44. The van der Waals surface area contributed by atoms with Crippen molar-refractivity contribution in [1.82, 2.24) is 19.8 Å². The molecule has 1 aliphatic carbocycles. The van der Waals surface area contributed by atoms with E-state index in [-0.39, 0.29) is 30.8 Å². The van der Waals surface area contributed by atoms with Gasteiger partial charge in [-0.25, -0.2) is 8.42 Å². The van der Waals surface area contributed by atoms with Gasteiger partial charge in [-0.2, -0.15) is 4.31 Å². The highest BCUT2D eigenvalue weighted by atomic mass is 32.2. The highest BCUT2D eigenvalue weighted by molar-refractivity contribution is 7.88. The number of nitrogens with two attached hydrogens (primary N) is 1. The van der Waals surface area contributed by atoms with E-state index in [2.05, 4.69) is 10.6 Å². The molecule has 1 aromatic rings. The molecule has 37 heavy (non-hydrogen) atoms. The van der Waals surface area contributed by atoms with Gasteiger partial charge in [-0.1, -0.05) is 30.3 Å². The zero-order chi connectivity index (χ0) is 26.7. The number of fused-ring (bicyclic) bond motifs is 1. The Hall–Kier alpha value is -2.83. The molecular weight excluding hydrogens is 498 g/mol. The molecule has 2 saturated heterocycles. The molecule has 11 nitrogen and oxygen atoms in total. The summed E-state index contributed by atoms with van der Waals surface area (Å²) in [4.78, 5) is 52.9. The molecule has 0 aromatic heterocycles. The van der Waals surface area contributed by atoms with E-state index in [9.17, 15) is 27.6 Å². The molecule has 4 rings (SSSR count). The Bertz CT molecular complexity index is 1140. The van der Waals surface area contributed by atoms with Gasteiger partial charge < -0.3 is 21.3 Å². The van der Waals surface area contributed by atoms with Crippen molar-refractivity contribution >= 4 is 33.5 Å². The molecule has 202 valence electrons. The lowest BCUT2D eigenvalue weighted by atomic mass is 9.80. The Labute approximate surface area is 217 Å². The minimum atomic E-state index is -3.72. The average molecular weight is 534 g/mol. The van der Waals surface area contributed by atoms with Crippen LogP contribution >= 0.6 is 0 Å². The molecule has 12 heteroatoms. The molecule has 1 aromatic carbocycles. The van der Waals surface area contributed by atoms with E-state index in [4.69, 9.17) is 5.73 Å². The van der Waals surface area contributed by atoms with Gasteiger partial charge >= 0.3 is 0 Å². The summed E-state index contributed by atoms with van der Waals surface area (Å²) in [5, 5.41) is 5.10. The molecule has 2 heterocycles. The second-order valence-corrected chi connectivity index (χ2v) is 12.2. The maximum atomic E-state index is 13.4. The van der Waals surface area contributed by atoms with Gasteiger partial charge in [-0.05, 0) is 50.0 Å². The number of carbonyl (C=O) groups excluding carboxylic acids is 4. The van der Waals surface area contributed by atoms with Gasteiger partial charge in [0.2, 0.25) is 27.6 Å². The van der Waals surface area contributed by atoms with Gasteiger partial charge in [-0.3, -0.25) is 19.2 Å². The van der Waals surface area contributed by atoms with Crippen LogP contribution in [0.25, 0.3) is 0 Å². The number of nitrogens with zero attached hydrogens (tertiary/aromatic N) is 2. The van der Waals surface area contributed by atoms with E-state index in [0.29, 0.717) is 44.1 Å². The van der Waals surface area contributed by atoms with E-state index in [1.807, 2.05) is 0 Å². The highest BCUT2D eigenvalue weighted by Crippen LogP contribution is 2.31. The van der Waals surface area contributed by atoms with Crippen molar-refractivity contribution in [3.05, 3.63) is 35.9 Å². The Morgan fingerprint density at radius 2 is 1.73 bits per heavy atom. The van der Waals surface area contributed by atoms with Crippen LogP contribution in [0.2, 0.25) is 0 Å². The van der Waals surface area contributed by atoms with E-state index in [0.717, 1.165) is 0 Å². The van der Waals surface area contributed by atoms with E-state index in [1.54, 1.807) is 30.3 Å². The summed E-state index contributed by atoms with van der Waals surface area (Å²) in [6.07, 6.45) is 3.43. The van der Waals surface area contributed by atoms with E-state index >= 15 is 0 Å². The zero-order valence-electron chi connectivity index (χ0n) is 21.0. The maximum Gasteiger partial charge on any atom is 0.289 e. The summed E-state index contributed by atoms with van der Waals surface area (Å²) < 4.78 is 27.2. The lowest BCUT2D eigenvalue weighted by molar-refractivity contribution is -0.145. The third-order valence-electron chi connectivity index (χ3n) is 7.72. The Kier molecular flexibility index (Phi) is 8.29. The van der Waals surface area contributed by atoms with Crippen LogP contribution in [0.15, 0.2) is 30.3 Å². The number of hydrogen-bond donors (Lipinski definition) is 3. The third kappa shape index (κ3) is 6.02. The molecule has 1 saturated carbocycles. The van der Waals surface area contributed by atoms with Crippen molar-refractivity contribution in [2.75, 3.05) is 20.1 Å². The largest absolute Gasteiger partial charge is 0.353 e. The highest BCUT2D eigenvalue weighted by Gasteiger charge is 2.48. The van der Waals surface area contributed by atoms with Crippen molar-refractivity contribution < 1.29 is 27.6 Å². The summed E-state index contributed by atoms with van der Waals surface area (Å²) in [5.74, 6) is -2.85. The number of benzene rings is 1. The molecule has 3 aliphatic rings. The lowest BCUT2D eigenvalue weighted by Gasteiger charge is -2.39. The SMILES string of the molecule is CNC(=O)C(=O)C(NC(=O)[C@@H]1CC[C@H]2CN(S(=O)(=O)Cc3ccccc3)CC(=O)N21)C1CCC(N)CC1. The molecule has 3 amide bonds. The van der Waals surface area contributed by atoms with Gasteiger partial charge in [0, 0.05) is 25.7 Å². The minimum Gasteiger partial charge on any atom is -0.353 e. The summed E-state index contributed by atoms with van der Waals surface area (Å²) in [5.41, 5.74) is 6.63. The Morgan fingerprint density at radius 3 is 2.38 bits per heavy atom. The van der Waals surface area contributed by atoms with Gasteiger partial charge in [-0.15, -0.1) is 0 Å². The molecule has 3 atom stereocenters. The first kappa shape index (κ1) is 27.2. The number of carbonyl (C=O) groups is 4. The molecule has 2 aliphatic heterocycles. The summed E-state index contributed by atoms with van der Waals surface area (Å²) in [7, 11) is -2.36. The number of sulfonamides is 1. The summed E-state index contributed by atoms with van der Waals surface area (Å²) in [6.45, 7) is -0.220. The summed E-state index contributed by atoms with van der Waals surface area (Å²) >= 11 is 0. The van der Waals surface area contributed by atoms with Crippen LogP contribution in [0.3, 0.4) is 0 Å². The van der Waals surface area contributed by atoms with Crippen molar-refractivity contribution in [2.45, 2.75) is 68.4 Å². The monoisotopic (exact) mass is 533 g/mol. The number of rotatable bonds is 8. The molecule has 0 spiro atoms. The normalized spacial score (nSPS) is 27.3. The number of hydrogen-bond acceptors (Lipinski definition) is 7. The van der Waals surface area contributed by atoms with Crippen LogP contribution in [0, 0.1) is 5.92 Å². The standard InChI is InChI=1S/C25H35N5O6S/c1-27-25(34)23(32)22(17-7-9-18(26)10-8-17)28-24(33)20-12-11-19-13-29(14-21(31)30(19)20)37(35,36)15-16-5-3-2-4-6-16/h2-6,17-20,22H,7-15,26H2,1H3,(H,27,34)(H,28,33)/t17?,18?,19-,20-,22?/m0/s1. The topological polar surface area (TPSA) is 159 Å². The molecule has 1 unspecified atom stereocenters. The van der Waals surface area contributed by atoms with E-state index in [1.165, 1.54) is 16.3 Å². The van der Waals surface area contributed by atoms with Crippen LogP contribution in [0.4, 0.5) is 0 Å². The van der Waals surface area contributed by atoms with Crippen LogP contribution in [0.5, 0.6) is 0 Å². The molecule has 0 bridgehead atoms. The van der Waals surface area contributed by atoms with Crippen molar-refractivity contribution in [2.24, 2.45) is 11.7 Å². The van der Waals surface area contributed by atoms with Crippen molar-refractivity contribution in [3.63, 3.8) is 0 Å². The van der Waals surface area contributed by atoms with Crippen LogP contribution in [0.1, 0.15) is 44.1 Å². The smallest absolute Gasteiger partial charge is 0.289 e. The molecule has 0 radical (unpaired) electrons. The van der Waals surface area contributed by atoms with Crippen LogP contribution < -0.4 is 16.4 Å². The maximum absolute atomic E-state index is 13.4. The van der Waals surface area contributed by atoms with Gasteiger partial charge in [0.25, 0.3) is 5.91 Å². The van der Waals surface area contributed by atoms with Crippen LogP contribution in [-0.4, -0.2) is 85.4 Å². The fourth-order valence-corrected chi connectivity index (χ4v) is 7.21. The van der Waals surface area contributed by atoms with Gasteiger partial charge in [0.15, 0.2) is 0 Å². The number of Topliss-reactive ketones (excluding diaryl/α,β-unsaturated/α-hetero) is 1. The first-order valence-electron chi connectivity index (χ1n) is 12.8. The number of piperazine rings is 1. The predicted octanol–water partition coefficient (Wildman–Crippen LogP) is -0.491. The fourth-order valence-electron chi connectivity index (χ4n) is 5.71. The van der Waals surface area contributed by atoms with Gasteiger partial charge in [0.05, 0.1) is 12.3 Å². The van der Waals surface area contributed by atoms with Gasteiger partial charge in [0.1, 0.15) is 12.1 Å². The second kappa shape index (κ2) is 11.3. The van der Waals surface area contributed by atoms with Crippen molar-refractivity contribution in [3.8, 4) is 0 Å². The number of ketones is 1. The number of nitrogens with one attached hydrogen (secondary N) is 2. The predicted molar refractivity (Wildman–Crippen MR) is 135 cm³/mol. The summed E-state index contributed by atoms with van der Waals surface area (Å²) in [6, 6.07) is 6.57. The first-order valence-corrected chi connectivity index (χ1v) is 14.4. The van der Waals surface area contributed by atoms with E-state index < -0.39 is 51.7 Å². The van der Waals surface area contributed by atoms with Crippen molar-refractivity contribution in [1.29, 1.82) is 0 Å². The lowest BCUT2D eigenvalue weighted by Crippen LogP contribution is -2.61. The number of likely N-dealkylation sites (N-methyl/N-ethyl adjacent to an activating group) is 1. The molecule has 4 N–H and O–H groups in total. The number of amides is 3. The Morgan fingerprint density at radius 1 is 1.05 bits per heavy atom. The zero-order valence-corrected chi connectivity index (χ0v) is 21.8. The first-order chi connectivity index (χ1) is 17.6.